The Bertz CT molecular complexity index is 861. The van der Waals surface area contributed by atoms with Crippen molar-refractivity contribution in [3.8, 4) is 16.9 Å². The van der Waals surface area contributed by atoms with E-state index >= 15 is 0 Å². The van der Waals surface area contributed by atoms with Gasteiger partial charge in [-0.1, -0.05) is 0 Å². The average Bonchev–Trinajstić information content (AvgIpc) is 2.55. The summed E-state index contributed by atoms with van der Waals surface area (Å²) < 4.78 is 4.85. The summed E-state index contributed by atoms with van der Waals surface area (Å²) in [7, 11) is 0. The second kappa shape index (κ2) is 8.08. The van der Waals surface area contributed by atoms with E-state index in [1.165, 1.54) is 12.1 Å². The molecule has 0 bridgehead atoms. The van der Waals surface area contributed by atoms with Gasteiger partial charge in [-0.2, -0.15) is 5.26 Å². The van der Waals surface area contributed by atoms with Crippen molar-refractivity contribution in [2.75, 3.05) is 11.9 Å². The molecule has 0 unspecified atom stereocenters. The van der Waals surface area contributed by atoms with Crippen LogP contribution >= 0.6 is 11.8 Å². The van der Waals surface area contributed by atoms with Crippen molar-refractivity contribution in [3.05, 3.63) is 47.5 Å². The molecular weight excluding hydrogens is 344 g/mol. The van der Waals surface area contributed by atoms with Crippen LogP contribution in [0.25, 0.3) is 0 Å². The maximum absolute atomic E-state index is 11.9. The van der Waals surface area contributed by atoms with Crippen LogP contribution in [0.1, 0.15) is 15.9 Å². The molecule has 0 aliphatic rings. The summed E-state index contributed by atoms with van der Waals surface area (Å²) in [4.78, 5) is 24.5. The number of thioether (sulfide) groups is 1. The van der Waals surface area contributed by atoms with Gasteiger partial charge in [-0.15, -0.1) is 0 Å². The fourth-order valence-electron chi connectivity index (χ4n) is 1.98. The first-order valence-electron chi connectivity index (χ1n) is 7.06. The summed E-state index contributed by atoms with van der Waals surface area (Å²) in [6.45, 7) is 1.24. The Kier molecular flexibility index (Phi) is 5.87. The second-order valence-corrected chi connectivity index (χ2v) is 5.85. The molecule has 2 aromatic rings. The predicted octanol–water partition coefficient (Wildman–Crippen LogP) is 2.77. The van der Waals surface area contributed by atoms with Crippen LogP contribution in [0.3, 0.4) is 0 Å². The summed E-state index contributed by atoms with van der Waals surface area (Å²) in [6.07, 6.45) is 0. The highest BCUT2D eigenvalue weighted by Gasteiger charge is 2.15. The summed E-state index contributed by atoms with van der Waals surface area (Å²) in [5.41, 5.74) is 1.14. The smallest absolute Gasteiger partial charge is 0.342 e. The summed E-state index contributed by atoms with van der Waals surface area (Å²) in [5, 5.41) is 32.0. The van der Waals surface area contributed by atoms with E-state index in [9.17, 15) is 19.8 Å². The third-order valence-electron chi connectivity index (χ3n) is 3.17. The minimum absolute atomic E-state index is 0.153. The lowest BCUT2D eigenvalue weighted by Gasteiger charge is -2.10. The first-order chi connectivity index (χ1) is 11.9. The fourth-order valence-corrected chi connectivity index (χ4v) is 2.46. The van der Waals surface area contributed by atoms with E-state index in [4.69, 9.17) is 10.00 Å². The number of nitrogens with one attached hydrogen (secondary N) is 1. The molecule has 0 fully saturated rings. The molecule has 3 N–H and O–H groups in total. The molecule has 0 aliphatic carbocycles. The molecular formula is C17H14N2O5S. The van der Waals surface area contributed by atoms with Gasteiger partial charge in [0, 0.05) is 16.6 Å². The van der Waals surface area contributed by atoms with Crippen molar-refractivity contribution in [2.45, 2.75) is 11.8 Å². The third-order valence-corrected chi connectivity index (χ3v) is 3.75. The zero-order valence-corrected chi connectivity index (χ0v) is 14.0. The molecule has 0 saturated heterocycles. The highest BCUT2D eigenvalue weighted by Crippen LogP contribution is 2.24. The molecule has 25 heavy (non-hydrogen) atoms. The van der Waals surface area contributed by atoms with Gasteiger partial charge >= 0.3 is 5.97 Å². The van der Waals surface area contributed by atoms with Crippen LogP contribution in [0.2, 0.25) is 0 Å². The maximum Gasteiger partial charge on any atom is 0.342 e. The summed E-state index contributed by atoms with van der Waals surface area (Å²) in [6, 6.07) is 8.52. The van der Waals surface area contributed by atoms with Crippen molar-refractivity contribution < 1.29 is 24.5 Å². The Morgan fingerprint density at radius 1 is 1.24 bits per heavy atom. The van der Waals surface area contributed by atoms with Gasteiger partial charge in [0.05, 0.1) is 0 Å². The zero-order chi connectivity index (χ0) is 18.4. The van der Waals surface area contributed by atoms with Gasteiger partial charge in [-0.05, 0) is 54.6 Å². The van der Waals surface area contributed by atoms with Gasteiger partial charge in [0.2, 0.25) is 0 Å². The van der Waals surface area contributed by atoms with E-state index < -0.39 is 24.2 Å². The van der Waals surface area contributed by atoms with Gasteiger partial charge < -0.3 is 20.3 Å². The monoisotopic (exact) mass is 358 g/mol. The lowest BCUT2D eigenvalue weighted by Crippen LogP contribution is -2.21. The number of phenolic OH excluding ortho intramolecular Hbond substituents is 2. The standard InChI is InChI=1S/C17H14N2O5S/c1-10-6-12(25-9-18)3-5-14(10)19-16(22)8-24-17(23)13-4-2-11(20)7-15(13)21/h2-7,20-21H,8H2,1H3,(H,19,22). The van der Waals surface area contributed by atoms with Crippen LogP contribution in [0.5, 0.6) is 11.5 Å². The molecule has 0 saturated carbocycles. The number of benzene rings is 2. The number of rotatable bonds is 5. The lowest BCUT2D eigenvalue weighted by molar-refractivity contribution is -0.119. The summed E-state index contributed by atoms with van der Waals surface area (Å²) in [5.74, 6) is -2.06. The molecule has 128 valence electrons. The number of nitriles is 1. The molecule has 2 rings (SSSR count). The number of hydrogen-bond acceptors (Lipinski definition) is 7. The Labute approximate surface area is 147 Å². The van der Waals surface area contributed by atoms with E-state index in [0.717, 1.165) is 28.3 Å². The fraction of sp³-hybridized carbons (Fsp3) is 0.118. The lowest BCUT2D eigenvalue weighted by atomic mass is 10.2. The van der Waals surface area contributed by atoms with Crippen molar-refractivity contribution in [3.63, 3.8) is 0 Å². The molecule has 0 aliphatic heterocycles. The molecule has 0 spiro atoms. The van der Waals surface area contributed by atoms with E-state index in [1.807, 2.05) is 5.40 Å². The van der Waals surface area contributed by atoms with Crippen molar-refractivity contribution >= 4 is 29.3 Å². The number of esters is 1. The average molecular weight is 358 g/mol. The number of phenols is 2. The minimum atomic E-state index is -0.884. The van der Waals surface area contributed by atoms with Gasteiger partial charge in [-0.25, -0.2) is 4.79 Å². The number of aromatic hydroxyl groups is 2. The first kappa shape index (κ1) is 18.2. The first-order valence-corrected chi connectivity index (χ1v) is 7.88. The number of amides is 1. The molecule has 7 nitrogen and oxygen atoms in total. The number of ether oxygens (including phenoxy) is 1. The van der Waals surface area contributed by atoms with Gasteiger partial charge in [0.15, 0.2) is 6.61 Å². The normalized spacial score (nSPS) is 9.92. The van der Waals surface area contributed by atoms with E-state index in [2.05, 4.69) is 5.32 Å². The van der Waals surface area contributed by atoms with Crippen molar-refractivity contribution in [1.29, 1.82) is 5.26 Å². The van der Waals surface area contributed by atoms with Crippen LogP contribution in [0.4, 0.5) is 5.69 Å². The molecule has 2 aromatic carbocycles. The minimum Gasteiger partial charge on any atom is -0.508 e. The van der Waals surface area contributed by atoms with Crippen LogP contribution in [-0.4, -0.2) is 28.7 Å². The topological polar surface area (TPSA) is 120 Å². The molecule has 8 heteroatoms. The van der Waals surface area contributed by atoms with Crippen LogP contribution in [0.15, 0.2) is 41.3 Å². The van der Waals surface area contributed by atoms with E-state index in [-0.39, 0.29) is 11.3 Å². The number of carbonyl (C=O) groups is 2. The third kappa shape index (κ3) is 4.89. The van der Waals surface area contributed by atoms with Crippen LogP contribution in [-0.2, 0) is 9.53 Å². The van der Waals surface area contributed by atoms with Crippen LogP contribution < -0.4 is 5.32 Å². The van der Waals surface area contributed by atoms with E-state index in [0.29, 0.717) is 5.69 Å². The van der Waals surface area contributed by atoms with E-state index in [1.54, 1.807) is 25.1 Å². The highest BCUT2D eigenvalue weighted by atomic mass is 32.2. The number of carbonyl (C=O) groups excluding carboxylic acids is 2. The number of thiocyanates is 1. The number of hydrogen-bond donors (Lipinski definition) is 3. The van der Waals surface area contributed by atoms with Gasteiger partial charge in [0.1, 0.15) is 22.5 Å². The quantitative estimate of drug-likeness (QED) is 0.427. The molecule has 0 aromatic heterocycles. The highest BCUT2D eigenvalue weighted by molar-refractivity contribution is 8.03. The number of nitrogens with zero attached hydrogens (tertiary/aromatic N) is 1. The van der Waals surface area contributed by atoms with Crippen molar-refractivity contribution in [2.24, 2.45) is 0 Å². The second-order valence-electron chi connectivity index (χ2n) is 5.00. The maximum atomic E-state index is 11.9. The Balaban J connectivity index is 1.94. The number of anilines is 1. The van der Waals surface area contributed by atoms with Crippen molar-refractivity contribution in [1.82, 2.24) is 0 Å². The van der Waals surface area contributed by atoms with Gasteiger partial charge in [0.25, 0.3) is 5.91 Å². The SMILES string of the molecule is Cc1cc(SC#N)ccc1NC(=O)COC(=O)c1ccc(O)cc1O. The zero-order valence-electron chi connectivity index (χ0n) is 13.1. The summed E-state index contributed by atoms with van der Waals surface area (Å²) >= 11 is 1.01. The largest absolute Gasteiger partial charge is 0.508 e. The predicted molar refractivity (Wildman–Crippen MR) is 91.3 cm³/mol. The Hall–Kier alpha value is -3.18. The number of aryl methyl sites for hydroxylation is 1. The Morgan fingerprint density at radius 2 is 2.00 bits per heavy atom. The molecule has 0 atom stereocenters. The molecule has 1 amide bonds. The molecule has 0 heterocycles. The van der Waals surface area contributed by atoms with Crippen LogP contribution in [0, 0.1) is 17.6 Å². The molecule has 0 radical (unpaired) electrons. The van der Waals surface area contributed by atoms with Gasteiger partial charge in [-0.3, -0.25) is 4.79 Å². The Morgan fingerprint density at radius 3 is 2.64 bits per heavy atom.